The van der Waals surface area contributed by atoms with Crippen LogP contribution < -0.4 is 10.6 Å². The van der Waals surface area contributed by atoms with E-state index >= 15 is 0 Å². The van der Waals surface area contributed by atoms with Crippen molar-refractivity contribution < 1.29 is 4.79 Å². The first-order valence-electron chi connectivity index (χ1n) is 5.83. The van der Waals surface area contributed by atoms with Gasteiger partial charge in [-0.2, -0.15) is 0 Å². The number of carbonyl (C=O) groups is 1. The lowest BCUT2D eigenvalue weighted by molar-refractivity contribution is 0.102. The number of hydrogen-bond donors (Lipinski definition) is 2. The SMILES string of the molecule is CCNc1cccc(C(=O)Nc2ncccc2Br)n1. The maximum absolute atomic E-state index is 12.1. The number of aromatic nitrogens is 2. The van der Waals surface area contributed by atoms with E-state index in [9.17, 15) is 4.79 Å². The Bertz CT molecular complexity index is 588. The minimum Gasteiger partial charge on any atom is -0.370 e. The molecule has 5 nitrogen and oxygen atoms in total. The van der Waals surface area contributed by atoms with Gasteiger partial charge in [0.2, 0.25) is 0 Å². The number of anilines is 2. The second-order valence-corrected chi connectivity index (χ2v) is 4.58. The van der Waals surface area contributed by atoms with Gasteiger partial charge >= 0.3 is 0 Å². The largest absolute Gasteiger partial charge is 0.370 e. The van der Waals surface area contributed by atoms with E-state index in [-0.39, 0.29) is 5.91 Å². The van der Waals surface area contributed by atoms with E-state index in [1.807, 2.05) is 19.1 Å². The van der Waals surface area contributed by atoms with Crippen LogP contribution in [-0.4, -0.2) is 22.4 Å². The average molecular weight is 321 g/mol. The van der Waals surface area contributed by atoms with Crippen molar-refractivity contribution >= 4 is 33.5 Å². The Morgan fingerprint density at radius 2 is 2.16 bits per heavy atom. The molecule has 0 saturated heterocycles. The highest BCUT2D eigenvalue weighted by atomic mass is 79.9. The van der Waals surface area contributed by atoms with E-state index < -0.39 is 0 Å². The van der Waals surface area contributed by atoms with Crippen LogP contribution in [0.5, 0.6) is 0 Å². The van der Waals surface area contributed by atoms with Crippen molar-refractivity contribution in [1.82, 2.24) is 9.97 Å². The third kappa shape index (κ3) is 3.51. The molecule has 1 amide bonds. The zero-order chi connectivity index (χ0) is 13.7. The molecular weight excluding hydrogens is 308 g/mol. The molecular formula is C13H13BrN4O. The van der Waals surface area contributed by atoms with Crippen molar-refractivity contribution in [2.24, 2.45) is 0 Å². The fourth-order valence-corrected chi connectivity index (χ4v) is 1.84. The number of hydrogen-bond acceptors (Lipinski definition) is 4. The molecule has 6 heteroatoms. The number of pyridine rings is 2. The number of nitrogens with zero attached hydrogens (tertiary/aromatic N) is 2. The fraction of sp³-hybridized carbons (Fsp3) is 0.154. The van der Waals surface area contributed by atoms with Crippen LogP contribution in [0, 0.1) is 0 Å². The summed E-state index contributed by atoms with van der Waals surface area (Å²) in [5.41, 5.74) is 0.344. The van der Waals surface area contributed by atoms with Crippen molar-refractivity contribution in [2.75, 3.05) is 17.2 Å². The summed E-state index contributed by atoms with van der Waals surface area (Å²) in [5, 5.41) is 5.77. The molecule has 2 aromatic rings. The lowest BCUT2D eigenvalue weighted by Crippen LogP contribution is -2.15. The van der Waals surface area contributed by atoms with E-state index in [1.165, 1.54) is 0 Å². The van der Waals surface area contributed by atoms with E-state index in [0.717, 1.165) is 11.0 Å². The first kappa shape index (κ1) is 13.5. The second-order valence-electron chi connectivity index (χ2n) is 3.73. The Labute approximate surface area is 119 Å². The van der Waals surface area contributed by atoms with Crippen LogP contribution in [0.2, 0.25) is 0 Å². The Balaban J connectivity index is 2.16. The maximum Gasteiger partial charge on any atom is 0.275 e. The summed E-state index contributed by atoms with van der Waals surface area (Å²) in [7, 11) is 0. The molecule has 0 unspecified atom stereocenters. The lowest BCUT2D eigenvalue weighted by atomic mass is 10.3. The predicted molar refractivity (Wildman–Crippen MR) is 78.3 cm³/mol. The molecule has 0 fully saturated rings. The van der Waals surface area contributed by atoms with Crippen LogP contribution in [0.4, 0.5) is 11.6 Å². The summed E-state index contributed by atoms with van der Waals surface area (Å²) < 4.78 is 0.728. The summed E-state index contributed by atoms with van der Waals surface area (Å²) in [6.07, 6.45) is 1.61. The highest BCUT2D eigenvalue weighted by molar-refractivity contribution is 9.10. The van der Waals surface area contributed by atoms with Gasteiger partial charge in [-0.15, -0.1) is 0 Å². The monoisotopic (exact) mass is 320 g/mol. The van der Waals surface area contributed by atoms with Gasteiger partial charge in [-0.05, 0) is 47.1 Å². The molecule has 0 aliphatic rings. The summed E-state index contributed by atoms with van der Waals surface area (Å²) >= 11 is 3.33. The molecule has 0 aromatic carbocycles. The highest BCUT2D eigenvalue weighted by Gasteiger charge is 2.10. The van der Waals surface area contributed by atoms with Crippen molar-refractivity contribution in [3.05, 3.63) is 46.7 Å². The fourth-order valence-electron chi connectivity index (χ4n) is 1.49. The summed E-state index contributed by atoms with van der Waals surface area (Å²) in [6, 6.07) is 8.85. The molecule has 0 saturated carbocycles. The van der Waals surface area contributed by atoms with Gasteiger partial charge in [0.15, 0.2) is 0 Å². The third-order valence-electron chi connectivity index (χ3n) is 2.33. The van der Waals surface area contributed by atoms with Crippen LogP contribution in [0.1, 0.15) is 17.4 Å². The smallest absolute Gasteiger partial charge is 0.275 e. The van der Waals surface area contributed by atoms with Gasteiger partial charge in [-0.1, -0.05) is 6.07 Å². The molecule has 2 rings (SSSR count). The number of amides is 1. The van der Waals surface area contributed by atoms with Crippen molar-refractivity contribution in [1.29, 1.82) is 0 Å². The summed E-state index contributed by atoms with van der Waals surface area (Å²) in [6.45, 7) is 2.73. The number of halogens is 1. The van der Waals surface area contributed by atoms with E-state index in [0.29, 0.717) is 17.3 Å². The molecule has 0 radical (unpaired) electrons. The topological polar surface area (TPSA) is 66.9 Å². The Kier molecular flexibility index (Phi) is 4.46. The average Bonchev–Trinajstić information content (AvgIpc) is 2.42. The first-order valence-corrected chi connectivity index (χ1v) is 6.63. The van der Waals surface area contributed by atoms with Crippen LogP contribution in [0.3, 0.4) is 0 Å². The molecule has 2 heterocycles. The van der Waals surface area contributed by atoms with Crippen molar-refractivity contribution in [3.8, 4) is 0 Å². The molecule has 0 aliphatic heterocycles. The Morgan fingerprint density at radius 1 is 1.32 bits per heavy atom. The summed E-state index contributed by atoms with van der Waals surface area (Å²) in [5.74, 6) is 0.859. The van der Waals surface area contributed by atoms with Gasteiger partial charge in [-0.25, -0.2) is 9.97 Å². The third-order valence-corrected chi connectivity index (χ3v) is 2.97. The van der Waals surface area contributed by atoms with Crippen LogP contribution in [0.15, 0.2) is 41.0 Å². The second kappa shape index (κ2) is 6.29. The molecule has 2 N–H and O–H groups in total. The van der Waals surface area contributed by atoms with Crippen molar-refractivity contribution in [3.63, 3.8) is 0 Å². The minimum atomic E-state index is -0.292. The highest BCUT2D eigenvalue weighted by Crippen LogP contribution is 2.19. The van der Waals surface area contributed by atoms with Crippen LogP contribution in [0.25, 0.3) is 0 Å². The molecule has 0 bridgehead atoms. The Morgan fingerprint density at radius 3 is 2.89 bits per heavy atom. The van der Waals surface area contributed by atoms with Gasteiger partial charge in [0.05, 0.1) is 4.47 Å². The molecule has 0 aliphatic carbocycles. The quantitative estimate of drug-likeness (QED) is 0.909. The first-order chi connectivity index (χ1) is 9.20. The standard InChI is InChI=1S/C13H13BrN4O/c1-2-15-11-7-3-6-10(17-11)13(19)18-12-9(14)5-4-8-16-12/h3-8H,2H2,1H3,(H,15,17)(H,16,18,19). The van der Waals surface area contributed by atoms with Crippen LogP contribution >= 0.6 is 15.9 Å². The molecule has 0 spiro atoms. The van der Waals surface area contributed by atoms with E-state index in [1.54, 1.807) is 24.4 Å². The van der Waals surface area contributed by atoms with Gasteiger partial charge in [0, 0.05) is 12.7 Å². The number of nitrogens with one attached hydrogen (secondary N) is 2. The van der Waals surface area contributed by atoms with Crippen LogP contribution in [-0.2, 0) is 0 Å². The van der Waals surface area contributed by atoms with E-state index in [2.05, 4.69) is 36.5 Å². The Hall–Kier alpha value is -1.95. The lowest BCUT2D eigenvalue weighted by Gasteiger charge is -2.07. The minimum absolute atomic E-state index is 0.292. The maximum atomic E-state index is 12.1. The van der Waals surface area contributed by atoms with Gasteiger partial charge < -0.3 is 10.6 Å². The molecule has 2 aromatic heterocycles. The number of carbonyl (C=O) groups excluding carboxylic acids is 1. The van der Waals surface area contributed by atoms with E-state index in [4.69, 9.17) is 0 Å². The van der Waals surface area contributed by atoms with Gasteiger partial charge in [0.25, 0.3) is 5.91 Å². The summed E-state index contributed by atoms with van der Waals surface area (Å²) in [4.78, 5) is 20.4. The molecule has 0 atom stereocenters. The molecule has 19 heavy (non-hydrogen) atoms. The predicted octanol–water partition coefficient (Wildman–Crippen LogP) is 2.92. The zero-order valence-electron chi connectivity index (χ0n) is 10.4. The molecule has 98 valence electrons. The van der Waals surface area contributed by atoms with Gasteiger partial charge in [-0.3, -0.25) is 4.79 Å². The van der Waals surface area contributed by atoms with Crippen molar-refractivity contribution in [2.45, 2.75) is 6.92 Å². The zero-order valence-corrected chi connectivity index (χ0v) is 11.9. The normalized spacial score (nSPS) is 10.0. The number of rotatable bonds is 4. The van der Waals surface area contributed by atoms with Gasteiger partial charge in [0.1, 0.15) is 17.3 Å².